The van der Waals surface area contributed by atoms with Crippen LogP contribution in [0.3, 0.4) is 0 Å². The molecule has 0 bridgehead atoms. The molecule has 0 radical (unpaired) electrons. The minimum Gasteiger partial charge on any atom is -0.493 e. The summed E-state index contributed by atoms with van der Waals surface area (Å²) in [6.07, 6.45) is 4.93. The van der Waals surface area contributed by atoms with E-state index in [0.717, 1.165) is 62.0 Å². The number of hydrogen-bond acceptors (Lipinski definition) is 10. The molecule has 4 aromatic rings. The number of benzene rings is 4. The van der Waals surface area contributed by atoms with E-state index in [0.29, 0.717) is 89.9 Å². The lowest BCUT2D eigenvalue weighted by molar-refractivity contribution is 0.0600. The zero-order valence-corrected chi connectivity index (χ0v) is 45.4. The maximum atomic E-state index is 13.0. The van der Waals surface area contributed by atoms with Gasteiger partial charge in [0.1, 0.15) is 13.2 Å². The Hall–Kier alpha value is -3.04. The molecule has 2 N–H and O–H groups in total. The fraction of sp³-hybridized carbons (Fsp3) is 0.469. The summed E-state index contributed by atoms with van der Waals surface area (Å²) in [4.78, 5) is 30.9. The van der Waals surface area contributed by atoms with Crippen LogP contribution >= 0.6 is 87.1 Å². The van der Waals surface area contributed by atoms with Crippen molar-refractivity contribution < 1.29 is 33.3 Å². The van der Waals surface area contributed by atoms with Crippen molar-refractivity contribution in [1.82, 2.24) is 9.80 Å². The van der Waals surface area contributed by atoms with Crippen molar-refractivity contribution in [3.8, 4) is 23.0 Å². The number of halogens is 7. The number of fused-ring (bicyclic) bond motifs is 1. The van der Waals surface area contributed by atoms with Crippen LogP contribution in [0, 0.1) is 10.8 Å². The molecule has 7 rings (SSSR count). The average Bonchev–Trinajstić information content (AvgIpc) is 3.60. The zero-order chi connectivity index (χ0) is 47.5. The van der Waals surface area contributed by atoms with Gasteiger partial charge >= 0.3 is 5.97 Å². The summed E-state index contributed by atoms with van der Waals surface area (Å²) in [5, 5.41) is 2.21. The van der Waals surface area contributed by atoms with Crippen LogP contribution in [0.2, 0.25) is 20.1 Å². The van der Waals surface area contributed by atoms with Crippen molar-refractivity contribution in [3.63, 3.8) is 0 Å². The van der Waals surface area contributed by atoms with Gasteiger partial charge in [-0.1, -0.05) is 90.0 Å². The number of carbonyl (C=O) groups excluding carboxylic acids is 2. The lowest BCUT2D eigenvalue weighted by Gasteiger charge is -2.36. The second-order valence-electron chi connectivity index (χ2n) is 17.8. The van der Waals surface area contributed by atoms with Gasteiger partial charge in [-0.2, -0.15) is 0 Å². The molecule has 3 aliphatic heterocycles. The van der Waals surface area contributed by atoms with Crippen LogP contribution in [0.5, 0.6) is 23.0 Å². The van der Waals surface area contributed by atoms with Crippen molar-refractivity contribution in [3.05, 3.63) is 103 Å². The Kier molecular flexibility index (Phi) is 23.3. The predicted octanol–water partition coefficient (Wildman–Crippen LogP) is 13.0. The van der Waals surface area contributed by atoms with Gasteiger partial charge in [-0.3, -0.25) is 14.6 Å². The molecule has 3 heterocycles. The summed E-state index contributed by atoms with van der Waals surface area (Å²) < 4.78 is 27.3. The topological polar surface area (TPSA) is 116 Å². The number of methoxy groups -OCH3 is 3. The van der Waals surface area contributed by atoms with Crippen molar-refractivity contribution in [2.45, 2.75) is 65.3 Å². The second-order valence-corrected chi connectivity index (χ2v) is 20.1. The van der Waals surface area contributed by atoms with Gasteiger partial charge in [-0.25, -0.2) is 4.79 Å². The van der Waals surface area contributed by atoms with E-state index in [1.54, 1.807) is 37.3 Å². The molecule has 11 nitrogen and oxygen atoms in total. The van der Waals surface area contributed by atoms with Gasteiger partial charge in [0, 0.05) is 52.0 Å². The largest absolute Gasteiger partial charge is 0.493 e. The zero-order valence-electron chi connectivity index (χ0n) is 39.2. The van der Waals surface area contributed by atoms with Crippen molar-refractivity contribution in [2.24, 2.45) is 10.8 Å². The lowest BCUT2D eigenvalue weighted by atomic mass is 9.83. The van der Waals surface area contributed by atoms with Crippen LogP contribution < -0.4 is 29.6 Å². The van der Waals surface area contributed by atoms with Crippen molar-refractivity contribution >= 4 is 110 Å². The molecule has 4 aromatic carbocycles. The normalized spacial score (nSPS) is 16.1. The van der Waals surface area contributed by atoms with Crippen molar-refractivity contribution in [1.29, 1.82) is 0 Å². The minimum atomic E-state index is -0.457. The molecule has 0 aromatic heterocycles. The summed E-state index contributed by atoms with van der Waals surface area (Å²) in [6, 6.07) is 17.6. The fourth-order valence-electron chi connectivity index (χ4n) is 7.73. The molecular weight excluding hydrogens is 1050 g/mol. The van der Waals surface area contributed by atoms with E-state index in [-0.39, 0.29) is 30.7 Å². The van der Waals surface area contributed by atoms with Gasteiger partial charge in [0.25, 0.3) is 5.91 Å². The molecule has 0 spiro atoms. The van der Waals surface area contributed by atoms with Gasteiger partial charge in [0.2, 0.25) is 0 Å². The number of ether oxygens (including phenoxy) is 5. The van der Waals surface area contributed by atoms with Gasteiger partial charge in [0.05, 0.1) is 49.0 Å². The van der Waals surface area contributed by atoms with Gasteiger partial charge in [-0.05, 0) is 122 Å². The van der Waals surface area contributed by atoms with Crippen LogP contribution in [-0.4, -0.2) is 95.5 Å². The van der Waals surface area contributed by atoms with Gasteiger partial charge in [0.15, 0.2) is 23.0 Å². The quantitative estimate of drug-likeness (QED) is 0.0788. The average molecular weight is 1110 g/mol. The molecule has 3 aliphatic rings. The summed E-state index contributed by atoms with van der Waals surface area (Å²) in [5.41, 5.74) is 10.6. The first-order valence-electron chi connectivity index (χ1n) is 21.6. The number of amides is 1. The van der Waals surface area contributed by atoms with Crippen LogP contribution in [0.15, 0.2) is 60.7 Å². The smallest absolute Gasteiger partial charge is 0.339 e. The first-order chi connectivity index (χ1) is 30.9. The SMILES string of the molecule is COC(=O)c1c(Cl)cc(Cl)cc1CBr.COc1ccc(N)cc1OCCN1CCC(C)(C)CC1.COc1ccc(N2Cc3cc(Cl)cc(Cl)c3C2=O)cc1OCCN1CCC(C)(C)CC1.Cl.Cl. The molecule has 2 fully saturated rings. The molecule has 0 unspecified atom stereocenters. The Labute approximate surface area is 437 Å². The Morgan fingerprint density at radius 1 is 0.687 bits per heavy atom. The second kappa shape index (κ2) is 26.8. The molecule has 370 valence electrons. The van der Waals surface area contributed by atoms with Crippen LogP contribution in [0.4, 0.5) is 11.4 Å². The number of likely N-dealkylation sites (tertiary alicyclic amines) is 2. The van der Waals surface area contributed by atoms with Crippen molar-refractivity contribution in [2.75, 3.05) is 84.4 Å². The highest BCUT2D eigenvalue weighted by Gasteiger charge is 2.32. The highest BCUT2D eigenvalue weighted by molar-refractivity contribution is 9.08. The van der Waals surface area contributed by atoms with Gasteiger partial charge in [-0.15, -0.1) is 24.8 Å². The monoisotopic (exact) mass is 1110 g/mol. The highest BCUT2D eigenvalue weighted by Crippen LogP contribution is 2.39. The van der Waals surface area contributed by atoms with Gasteiger partial charge < -0.3 is 34.3 Å². The molecule has 1 amide bonds. The first-order valence-corrected chi connectivity index (χ1v) is 24.2. The number of anilines is 2. The summed E-state index contributed by atoms with van der Waals surface area (Å²) in [5.74, 6) is 2.15. The molecule has 0 saturated carbocycles. The maximum Gasteiger partial charge on any atom is 0.339 e. The Balaban J connectivity index is 0.000000286. The molecular formula is C49H63BrCl6N4O7. The third kappa shape index (κ3) is 16.5. The van der Waals surface area contributed by atoms with Crippen LogP contribution in [0.25, 0.3) is 0 Å². The Bertz CT molecular complexity index is 2270. The highest BCUT2D eigenvalue weighted by atomic mass is 79.9. The standard InChI is InChI=1S/C24H28Cl2N2O3.C16H26N2O2.C9H7BrCl2O2.2ClH/c1-24(2)6-8-27(9-7-24)10-11-31-21-14-18(4-5-20(21)30-3)28-15-16-12-17(25)13-19(26)22(16)23(28)29;1-16(2)6-8-18(9-7-16)10-11-20-15-12-13(17)4-5-14(15)19-3;1-14-9(13)8-5(4-10)2-6(11)3-7(8)12;;/h4-5,12-14H,6-11,15H2,1-3H3;4-5,12H,6-11,17H2,1-3H3;2-3H,4H2,1H3;2*1H. The lowest BCUT2D eigenvalue weighted by Crippen LogP contribution is -2.39. The summed E-state index contributed by atoms with van der Waals surface area (Å²) >= 11 is 27.3. The number of piperidine rings is 2. The number of nitrogens with two attached hydrogens (primary N) is 1. The van der Waals surface area contributed by atoms with Crippen LogP contribution in [0.1, 0.15) is 85.2 Å². The van der Waals surface area contributed by atoms with E-state index in [1.165, 1.54) is 38.9 Å². The maximum absolute atomic E-state index is 13.0. The number of carbonyl (C=O) groups is 2. The number of esters is 1. The molecule has 18 heteroatoms. The Morgan fingerprint density at radius 2 is 1.18 bits per heavy atom. The number of hydrogen-bond donors (Lipinski definition) is 1. The fourth-order valence-corrected chi connectivity index (χ4v) is 9.40. The van der Waals surface area contributed by atoms with E-state index in [9.17, 15) is 9.59 Å². The third-order valence-electron chi connectivity index (χ3n) is 12.0. The van der Waals surface area contributed by atoms with E-state index in [2.05, 4.69) is 58.2 Å². The molecule has 0 atom stereocenters. The first kappa shape index (κ1) is 58.3. The molecule has 0 aliphatic carbocycles. The number of nitrogen functional groups attached to an aromatic ring is 1. The minimum absolute atomic E-state index is 0. The summed E-state index contributed by atoms with van der Waals surface area (Å²) in [7, 11) is 4.57. The predicted molar refractivity (Wildman–Crippen MR) is 282 cm³/mol. The Morgan fingerprint density at radius 3 is 1.69 bits per heavy atom. The van der Waals surface area contributed by atoms with E-state index in [4.69, 9.17) is 71.1 Å². The third-order valence-corrected chi connectivity index (χ3v) is 13.6. The van der Waals surface area contributed by atoms with E-state index in [1.807, 2.05) is 36.4 Å². The number of alkyl halides is 1. The summed E-state index contributed by atoms with van der Waals surface area (Å²) in [6.45, 7) is 17.3. The number of rotatable bonds is 13. The van der Waals surface area contributed by atoms with E-state index < -0.39 is 5.97 Å². The molecule has 67 heavy (non-hydrogen) atoms. The number of nitrogens with zero attached hydrogens (tertiary/aromatic N) is 3. The van der Waals surface area contributed by atoms with Crippen LogP contribution in [-0.2, 0) is 16.6 Å². The molecule has 2 saturated heterocycles. The van der Waals surface area contributed by atoms with E-state index >= 15 is 0 Å².